The van der Waals surface area contributed by atoms with Crippen molar-refractivity contribution in [3.05, 3.63) is 82.4 Å². The predicted octanol–water partition coefficient (Wildman–Crippen LogP) is 5.23. The van der Waals surface area contributed by atoms with E-state index >= 15 is 0 Å². The molecular formula is C28H32N2O5S. The molecule has 190 valence electrons. The Bertz CT molecular complexity index is 1380. The molecule has 0 radical (unpaired) electrons. The van der Waals surface area contributed by atoms with Crippen LogP contribution in [0, 0.1) is 33.6 Å². The van der Waals surface area contributed by atoms with Gasteiger partial charge in [-0.05, 0) is 91.3 Å². The van der Waals surface area contributed by atoms with Gasteiger partial charge >= 0.3 is 5.97 Å². The number of hydrogen-bond donors (Lipinski definition) is 3. The topological polar surface area (TPSA) is 113 Å². The zero-order chi connectivity index (χ0) is 26.8. The summed E-state index contributed by atoms with van der Waals surface area (Å²) in [5.41, 5.74) is 5.58. The summed E-state index contributed by atoms with van der Waals surface area (Å²) in [6.07, 6.45) is 0. The Morgan fingerprint density at radius 2 is 1.42 bits per heavy atom. The molecule has 1 atom stereocenters. The smallest absolute Gasteiger partial charge is 0.326 e. The van der Waals surface area contributed by atoms with Crippen LogP contribution >= 0.6 is 0 Å². The Hall–Kier alpha value is -3.65. The van der Waals surface area contributed by atoms with Crippen LogP contribution in [0.4, 0.5) is 5.69 Å². The molecule has 0 spiro atoms. The van der Waals surface area contributed by atoms with E-state index in [1.165, 1.54) is 0 Å². The van der Waals surface area contributed by atoms with Gasteiger partial charge in [0.15, 0.2) is 0 Å². The normalized spacial score (nSPS) is 12.3. The first-order valence-electron chi connectivity index (χ1n) is 11.7. The number of aryl methyl sites for hydroxylation is 2. The molecule has 0 fully saturated rings. The zero-order valence-electron chi connectivity index (χ0n) is 21.3. The summed E-state index contributed by atoms with van der Waals surface area (Å²) in [5.74, 6) is -1.81. The number of anilines is 1. The van der Waals surface area contributed by atoms with Crippen LogP contribution in [0.15, 0.2) is 59.5 Å². The van der Waals surface area contributed by atoms with Gasteiger partial charge in [-0.1, -0.05) is 44.2 Å². The first kappa shape index (κ1) is 26.9. The van der Waals surface area contributed by atoms with Crippen molar-refractivity contribution in [3.63, 3.8) is 0 Å². The molecule has 3 N–H and O–H groups in total. The average molecular weight is 509 g/mol. The quantitative estimate of drug-likeness (QED) is 0.386. The highest BCUT2D eigenvalue weighted by molar-refractivity contribution is 7.92. The molecule has 3 rings (SSSR count). The minimum atomic E-state index is -3.81. The van der Waals surface area contributed by atoms with Crippen LogP contribution in [-0.4, -0.2) is 31.4 Å². The largest absolute Gasteiger partial charge is 0.480 e. The molecule has 3 aromatic carbocycles. The van der Waals surface area contributed by atoms with E-state index in [0.717, 1.165) is 33.4 Å². The number of aliphatic carboxylic acids is 1. The van der Waals surface area contributed by atoms with Crippen molar-refractivity contribution < 1.29 is 23.1 Å². The molecule has 0 bridgehead atoms. The van der Waals surface area contributed by atoms with Crippen molar-refractivity contribution in [2.75, 3.05) is 4.72 Å². The minimum absolute atomic E-state index is 0.256. The molecular weight excluding hydrogens is 476 g/mol. The third kappa shape index (κ3) is 5.76. The van der Waals surface area contributed by atoms with E-state index in [0.29, 0.717) is 16.1 Å². The highest BCUT2D eigenvalue weighted by atomic mass is 32.2. The maximum absolute atomic E-state index is 13.3. The van der Waals surface area contributed by atoms with Gasteiger partial charge < -0.3 is 10.4 Å². The number of hydrogen-bond acceptors (Lipinski definition) is 4. The lowest BCUT2D eigenvalue weighted by Gasteiger charge is -2.18. The van der Waals surface area contributed by atoms with Crippen molar-refractivity contribution in [2.45, 2.75) is 52.5 Å². The summed E-state index contributed by atoms with van der Waals surface area (Å²) in [7, 11) is -3.81. The fourth-order valence-electron chi connectivity index (χ4n) is 4.10. The van der Waals surface area contributed by atoms with Gasteiger partial charge in [0, 0.05) is 11.3 Å². The molecule has 0 saturated heterocycles. The second-order valence-corrected chi connectivity index (χ2v) is 11.0. The summed E-state index contributed by atoms with van der Waals surface area (Å²) in [5, 5.41) is 11.8. The maximum Gasteiger partial charge on any atom is 0.326 e. The first-order chi connectivity index (χ1) is 16.8. The number of carboxylic acids is 1. The lowest BCUT2D eigenvalue weighted by Crippen LogP contribution is -2.44. The highest BCUT2D eigenvalue weighted by Gasteiger charge is 2.24. The van der Waals surface area contributed by atoms with Gasteiger partial charge in [-0.2, -0.15) is 0 Å². The Morgan fingerprint density at radius 1 is 0.833 bits per heavy atom. The highest BCUT2D eigenvalue weighted by Crippen LogP contribution is 2.29. The third-order valence-corrected chi connectivity index (χ3v) is 8.03. The predicted molar refractivity (Wildman–Crippen MR) is 142 cm³/mol. The van der Waals surface area contributed by atoms with Gasteiger partial charge in [-0.3, -0.25) is 9.52 Å². The standard InChI is InChI=1S/C28H32N2O5S/c1-16(2)25(28(32)33)29-27(31)22-12-10-21(11-13-22)23-8-7-9-24(15-23)30-36(34,35)26-19(5)17(3)14-18(4)20(26)6/h7-16,25,30H,1-6H3,(H,29,31)(H,32,33)/t25-/m0/s1. The number of amides is 1. The number of rotatable bonds is 8. The van der Waals surface area contributed by atoms with E-state index in [9.17, 15) is 23.1 Å². The van der Waals surface area contributed by atoms with Crippen molar-refractivity contribution >= 4 is 27.6 Å². The minimum Gasteiger partial charge on any atom is -0.480 e. The van der Waals surface area contributed by atoms with E-state index in [1.54, 1.807) is 56.3 Å². The van der Waals surface area contributed by atoms with Gasteiger partial charge in [-0.25, -0.2) is 13.2 Å². The fraction of sp³-hybridized carbons (Fsp3) is 0.286. The van der Waals surface area contributed by atoms with Crippen LogP contribution in [0.3, 0.4) is 0 Å². The molecule has 0 unspecified atom stereocenters. The number of nitrogens with one attached hydrogen (secondary N) is 2. The number of sulfonamides is 1. The van der Waals surface area contributed by atoms with E-state index in [4.69, 9.17) is 0 Å². The molecule has 0 saturated carbocycles. The SMILES string of the molecule is Cc1cc(C)c(C)c(S(=O)(=O)Nc2cccc(-c3ccc(C(=O)N[C@H](C(=O)O)C(C)C)cc3)c2)c1C. The molecule has 36 heavy (non-hydrogen) atoms. The number of carboxylic acid groups (broad SMARTS) is 1. The molecule has 0 aliphatic rings. The van der Waals surface area contributed by atoms with E-state index < -0.39 is 27.9 Å². The summed E-state index contributed by atoms with van der Waals surface area (Å²) >= 11 is 0. The van der Waals surface area contributed by atoms with Gasteiger partial charge in [0.25, 0.3) is 15.9 Å². The number of carbonyl (C=O) groups is 2. The molecule has 8 heteroatoms. The Balaban J connectivity index is 1.85. The molecule has 7 nitrogen and oxygen atoms in total. The summed E-state index contributed by atoms with van der Waals surface area (Å²) in [6, 6.07) is 14.7. The van der Waals surface area contributed by atoms with E-state index in [-0.39, 0.29) is 5.92 Å². The average Bonchev–Trinajstić information content (AvgIpc) is 2.80. The van der Waals surface area contributed by atoms with Crippen LogP contribution in [0.5, 0.6) is 0 Å². The van der Waals surface area contributed by atoms with E-state index in [1.807, 2.05) is 39.8 Å². The Labute approximate surface area is 212 Å². The van der Waals surface area contributed by atoms with Crippen LogP contribution < -0.4 is 10.0 Å². The van der Waals surface area contributed by atoms with Crippen molar-refractivity contribution in [1.82, 2.24) is 5.32 Å². The van der Waals surface area contributed by atoms with Crippen LogP contribution in [0.2, 0.25) is 0 Å². The first-order valence-corrected chi connectivity index (χ1v) is 13.1. The lowest BCUT2D eigenvalue weighted by atomic mass is 10.0. The summed E-state index contributed by atoms with van der Waals surface area (Å²) in [6.45, 7) is 10.9. The van der Waals surface area contributed by atoms with Crippen LogP contribution in [-0.2, 0) is 14.8 Å². The molecule has 0 aliphatic heterocycles. The second kappa shape index (κ2) is 10.5. The van der Waals surface area contributed by atoms with Crippen LogP contribution in [0.1, 0.15) is 46.5 Å². The van der Waals surface area contributed by atoms with Crippen molar-refractivity contribution in [2.24, 2.45) is 5.92 Å². The summed E-state index contributed by atoms with van der Waals surface area (Å²) in [4.78, 5) is 24.2. The number of carbonyl (C=O) groups excluding carboxylic acids is 1. The fourth-order valence-corrected chi connectivity index (χ4v) is 5.77. The molecule has 3 aromatic rings. The summed E-state index contributed by atoms with van der Waals surface area (Å²) < 4.78 is 29.3. The van der Waals surface area contributed by atoms with Crippen molar-refractivity contribution in [3.8, 4) is 11.1 Å². The Morgan fingerprint density at radius 3 is 1.94 bits per heavy atom. The van der Waals surface area contributed by atoms with Gasteiger partial charge in [0.1, 0.15) is 6.04 Å². The van der Waals surface area contributed by atoms with Crippen LogP contribution in [0.25, 0.3) is 11.1 Å². The van der Waals surface area contributed by atoms with E-state index in [2.05, 4.69) is 10.0 Å². The van der Waals surface area contributed by atoms with Crippen molar-refractivity contribution in [1.29, 1.82) is 0 Å². The van der Waals surface area contributed by atoms with Gasteiger partial charge in [-0.15, -0.1) is 0 Å². The van der Waals surface area contributed by atoms with Gasteiger partial charge in [0.05, 0.1) is 4.90 Å². The third-order valence-electron chi connectivity index (χ3n) is 6.38. The Kier molecular flexibility index (Phi) is 7.89. The molecule has 0 aromatic heterocycles. The monoisotopic (exact) mass is 508 g/mol. The zero-order valence-corrected chi connectivity index (χ0v) is 22.2. The second-order valence-electron chi connectivity index (χ2n) is 9.39. The molecule has 0 aliphatic carbocycles. The lowest BCUT2D eigenvalue weighted by molar-refractivity contribution is -0.140. The number of benzene rings is 3. The van der Waals surface area contributed by atoms with Gasteiger partial charge in [0.2, 0.25) is 0 Å². The molecule has 0 heterocycles. The molecule has 1 amide bonds. The maximum atomic E-state index is 13.3.